The van der Waals surface area contributed by atoms with E-state index in [1.54, 1.807) is 0 Å². The molecule has 0 aromatic carbocycles. The van der Waals surface area contributed by atoms with Gasteiger partial charge in [0.1, 0.15) is 48.2 Å². The lowest BCUT2D eigenvalue weighted by Gasteiger charge is -2.49. The number of fused-ring (bicyclic) bond motifs is 1. The van der Waals surface area contributed by atoms with Gasteiger partial charge in [-0.15, -0.1) is 11.8 Å². The summed E-state index contributed by atoms with van der Waals surface area (Å²) in [5.74, 6) is -1.49. The summed E-state index contributed by atoms with van der Waals surface area (Å²) in [5, 5.41) is 58.4. The van der Waals surface area contributed by atoms with Crippen LogP contribution < -0.4 is 0 Å². The van der Waals surface area contributed by atoms with Crippen LogP contribution in [0.2, 0.25) is 0 Å². The third kappa shape index (κ3) is 2.47. The van der Waals surface area contributed by atoms with Gasteiger partial charge in [-0.2, -0.15) is 0 Å². The predicted molar refractivity (Wildman–Crippen MR) is 71.8 cm³/mol. The van der Waals surface area contributed by atoms with Crippen molar-refractivity contribution < 1.29 is 44.8 Å². The summed E-state index contributed by atoms with van der Waals surface area (Å²) in [4.78, 5) is 0. The first-order valence-corrected chi connectivity index (χ1v) is 8.05. The highest BCUT2D eigenvalue weighted by atomic mass is 32.2. The standard InChI is InChI=1S/C12H20O9S/c13-1-4-6(15)8(17)9-11(19-4)22-3-12(21-9)10(18)7(16)5(2-14)20-12/h4-11,13-18H,1-3H2/t4-,5-,6-,7-,8+,9+,10+,11-,12+/m1/s1. The molecule has 3 aliphatic heterocycles. The van der Waals surface area contributed by atoms with Gasteiger partial charge in [-0.3, -0.25) is 0 Å². The molecule has 0 unspecified atom stereocenters. The Hall–Kier alpha value is -0.0100. The highest BCUT2D eigenvalue weighted by Gasteiger charge is 2.61. The van der Waals surface area contributed by atoms with Crippen LogP contribution in [0.5, 0.6) is 0 Å². The highest BCUT2D eigenvalue weighted by Crippen LogP contribution is 2.45. The zero-order valence-electron chi connectivity index (χ0n) is 11.6. The summed E-state index contributed by atoms with van der Waals surface area (Å²) in [7, 11) is 0. The van der Waals surface area contributed by atoms with Crippen LogP contribution in [-0.2, 0) is 14.2 Å². The van der Waals surface area contributed by atoms with Gasteiger partial charge >= 0.3 is 0 Å². The van der Waals surface area contributed by atoms with E-state index in [0.29, 0.717) is 0 Å². The smallest absolute Gasteiger partial charge is 0.207 e. The number of aliphatic hydroxyl groups is 6. The van der Waals surface area contributed by atoms with Gasteiger partial charge in [0.15, 0.2) is 0 Å². The first-order valence-electron chi connectivity index (χ1n) is 7.00. The fourth-order valence-corrected chi connectivity index (χ4v) is 4.33. The fourth-order valence-electron chi connectivity index (χ4n) is 3.00. The molecule has 3 fully saturated rings. The third-order valence-corrected chi connectivity index (χ3v) is 5.57. The van der Waals surface area contributed by atoms with Gasteiger partial charge in [0.05, 0.1) is 19.0 Å². The molecule has 0 aromatic heterocycles. The van der Waals surface area contributed by atoms with E-state index in [1.165, 1.54) is 11.8 Å². The monoisotopic (exact) mass is 340 g/mol. The van der Waals surface area contributed by atoms with Crippen LogP contribution in [0.4, 0.5) is 0 Å². The predicted octanol–water partition coefficient (Wildman–Crippen LogP) is -3.63. The molecule has 3 aliphatic rings. The Balaban J connectivity index is 1.78. The van der Waals surface area contributed by atoms with E-state index in [-0.39, 0.29) is 5.75 Å². The van der Waals surface area contributed by atoms with Crippen molar-refractivity contribution in [2.75, 3.05) is 19.0 Å². The van der Waals surface area contributed by atoms with Gasteiger partial charge in [0.2, 0.25) is 5.79 Å². The summed E-state index contributed by atoms with van der Waals surface area (Å²) in [6.07, 6.45) is -8.34. The Labute approximate surface area is 130 Å². The minimum absolute atomic E-state index is 0.101. The molecule has 128 valence electrons. The van der Waals surface area contributed by atoms with Gasteiger partial charge in [0.25, 0.3) is 0 Å². The first kappa shape index (κ1) is 16.8. The molecular formula is C12H20O9S. The third-order valence-electron chi connectivity index (χ3n) is 4.29. The number of thioether (sulfide) groups is 1. The molecular weight excluding hydrogens is 320 g/mol. The van der Waals surface area contributed by atoms with Crippen LogP contribution in [-0.4, -0.2) is 104 Å². The Bertz CT molecular complexity index is 410. The van der Waals surface area contributed by atoms with Crippen LogP contribution in [0.3, 0.4) is 0 Å². The molecule has 0 saturated carbocycles. The van der Waals surface area contributed by atoms with Crippen molar-refractivity contribution in [2.24, 2.45) is 0 Å². The molecule has 6 N–H and O–H groups in total. The number of ether oxygens (including phenoxy) is 3. The molecule has 3 saturated heterocycles. The summed E-state index contributed by atoms with van der Waals surface area (Å²) in [6, 6.07) is 0. The van der Waals surface area contributed by atoms with E-state index >= 15 is 0 Å². The second kappa shape index (κ2) is 6.13. The first-order chi connectivity index (χ1) is 10.4. The Morgan fingerprint density at radius 3 is 2.18 bits per heavy atom. The van der Waals surface area contributed by atoms with Gasteiger partial charge in [-0.05, 0) is 0 Å². The maximum absolute atomic E-state index is 10.2. The molecule has 3 rings (SSSR count). The van der Waals surface area contributed by atoms with Crippen molar-refractivity contribution in [1.29, 1.82) is 0 Å². The largest absolute Gasteiger partial charge is 0.394 e. The summed E-state index contributed by atoms with van der Waals surface area (Å²) < 4.78 is 16.6. The van der Waals surface area contributed by atoms with Crippen molar-refractivity contribution in [1.82, 2.24) is 0 Å². The number of rotatable bonds is 2. The van der Waals surface area contributed by atoms with Crippen molar-refractivity contribution in [3.63, 3.8) is 0 Å². The van der Waals surface area contributed by atoms with Gasteiger partial charge in [-0.1, -0.05) is 0 Å². The zero-order valence-corrected chi connectivity index (χ0v) is 12.4. The van der Waals surface area contributed by atoms with Crippen LogP contribution in [0.15, 0.2) is 0 Å². The summed E-state index contributed by atoms with van der Waals surface area (Å²) in [6.45, 7) is -0.937. The molecule has 10 heteroatoms. The molecule has 1 spiro atoms. The van der Waals surface area contributed by atoms with E-state index in [0.717, 1.165) is 0 Å². The molecule has 9 atom stereocenters. The molecule has 22 heavy (non-hydrogen) atoms. The molecule has 0 aliphatic carbocycles. The second-order valence-corrected chi connectivity index (χ2v) is 6.77. The Kier molecular flexibility index (Phi) is 4.69. The van der Waals surface area contributed by atoms with Crippen molar-refractivity contribution in [2.45, 2.75) is 54.0 Å². The molecule has 0 bridgehead atoms. The molecule has 0 amide bonds. The van der Waals surface area contributed by atoms with Crippen LogP contribution >= 0.6 is 11.8 Å². The van der Waals surface area contributed by atoms with E-state index < -0.39 is 67.2 Å². The van der Waals surface area contributed by atoms with Crippen LogP contribution in [0, 0.1) is 0 Å². The molecule has 0 aromatic rings. The summed E-state index contributed by atoms with van der Waals surface area (Å²) in [5.41, 5.74) is -0.651. The minimum atomic E-state index is -1.59. The SMILES string of the molecule is OC[C@H]1O[C@]2(CS[C@H]3O[C@H](CO)[C@@H](O)[C@H](O)[C@@H]3O2)[C@@H](O)[C@@H]1O. The van der Waals surface area contributed by atoms with Gasteiger partial charge in [0, 0.05) is 0 Å². The van der Waals surface area contributed by atoms with Crippen LogP contribution in [0.1, 0.15) is 0 Å². The Morgan fingerprint density at radius 1 is 0.909 bits per heavy atom. The van der Waals surface area contributed by atoms with E-state index in [9.17, 15) is 20.4 Å². The number of hydrogen-bond donors (Lipinski definition) is 6. The Morgan fingerprint density at radius 2 is 1.59 bits per heavy atom. The lowest BCUT2D eigenvalue weighted by atomic mass is 9.99. The number of hydrogen-bond acceptors (Lipinski definition) is 10. The molecule has 3 heterocycles. The van der Waals surface area contributed by atoms with Crippen molar-refractivity contribution >= 4 is 11.8 Å². The maximum atomic E-state index is 10.2. The average molecular weight is 340 g/mol. The van der Waals surface area contributed by atoms with Gasteiger partial charge in [-0.25, -0.2) is 0 Å². The second-order valence-electron chi connectivity index (χ2n) is 5.69. The molecule has 9 nitrogen and oxygen atoms in total. The van der Waals surface area contributed by atoms with Crippen molar-refractivity contribution in [3.05, 3.63) is 0 Å². The molecule has 0 radical (unpaired) electrons. The van der Waals surface area contributed by atoms with Crippen LogP contribution in [0.25, 0.3) is 0 Å². The summed E-state index contributed by atoms with van der Waals surface area (Å²) >= 11 is 1.18. The van der Waals surface area contributed by atoms with Crippen molar-refractivity contribution in [3.8, 4) is 0 Å². The quantitative estimate of drug-likeness (QED) is 0.297. The topological polar surface area (TPSA) is 149 Å². The average Bonchev–Trinajstić information content (AvgIpc) is 2.76. The normalized spacial score (nSPS) is 55.4. The number of aliphatic hydroxyl groups excluding tert-OH is 6. The van der Waals surface area contributed by atoms with E-state index in [4.69, 9.17) is 24.4 Å². The van der Waals surface area contributed by atoms with E-state index in [2.05, 4.69) is 0 Å². The zero-order chi connectivity index (χ0) is 16.1. The minimum Gasteiger partial charge on any atom is -0.394 e. The highest BCUT2D eigenvalue weighted by molar-refractivity contribution is 7.99. The maximum Gasteiger partial charge on any atom is 0.207 e. The van der Waals surface area contributed by atoms with Gasteiger partial charge < -0.3 is 44.8 Å². The van der Waals surface area contributed by atoms with E-state index in [1.807, 2.05) is 0 Å². The fraction of sp³-hybridized carbons (Fsp3) is 1.00. The lowest BCUT2D eigenvalue weighted by molar-refractivity contribution is -0.319. The lowest BCUT2D eigenvalue weighted by Crippen LogP contribution is -2.65.